The molecule has 6 nitrogen and oxygen atoms in total. The molecular weight excluding hydrogens is 308 g/mol. The van der Waals surface area contributed by atoms with E-state index in [1.807, 2.05) is 32.0 Å². The average Bonchev–Trinajstić information content (AvgIpc) is 2.58. The zero-order valence-corrected chi connectivity index (χ0v) is 13.7. The Balaban J connectivity index is 2.15. The van der Waals surface area contributed by atoms with E-state index in [0.717, 1.165) is 0 Å². The fraction of sp³-hybridized carbons (Fsp3) is 0.222. The van der Waals surface area contributed by atoms with Gasteiger partial charge in [0.05, 0.1) is 25.0 Å². The molecule has 24 heavy (non-hydrogen) atoms. The van der Waals surface area contributed by atoms with E-state index in [2.05, 4.69) is 10.5 Å². The van der Waals surface area contributed by atoms with Crippen molar-refractivity contribution in [1.29, 1.82) is 0 Å². The number of phenols is 1. The molecular formula is C18H20N2O4. The van der Waals surface area contributed by atoms with Crippen molar-refractivity contribution in [3.8, 4) is 17.2 Å². The number of aromatic hydroxyl groups is 1. The highest BCUT2D eigenvalue weighted by Crippen LogP contribution is 2.30. The van der Waals surface area contributed by atoms with Gasteiger partial charge in [-0.15, -0.1) is 0 Å². The molecule has 2 aromatic carbocycles. The lowest BCUT2D eigenvalue weighted by atomic mass is 10.2. The van der Waals surface area contributed by atoms with E-state index in [-0.39, 0.29) is 11.3 Å². The largest absolute Gasteiger partial charge is 0.507 e. The summed E-state index contributed by atoms with van der Waals surface area (Å²) in [7, 11) is 0. The number of benzene rings is 2. The van der Waals surface area contributed by atoms with E-state index in [9.17, 15) is 9.90 Å². The summed E-state index contributed by atoms with van der Waals surface area (Å²) < 4.78 is 11.1. The molecule has 0 aliphatic carbocycles. The Bertz CT molecular complexity index is 729. The third-order valence-corrected chi connectivity index (χ3v) is 3.12. The lowest BCUT2D eigenvalue weighted by Crippen LogP contribution is -2.17. The number of nitrogens with one attached hydrogen (secondary N) is 1. The van der Waals surface area contributed by atoms with E-state index in [4.69, 9.17) is 9.47 Å². The molecule has 1 amide bonds. The number of rotatable bonds is 7. The van der Waals surface area contributed by atoms with Crippen molar-refractivity contribution in [2.24, 2.45) is 5.10 Å². The van der Waals surface area contributed by atoms with Gasteiger partial charge in [0, 0.05) is 5.56 Å². The summed E-state index contributed by atoms with van der Waals surface area (Å²) in [4.78, 5) is 12.0. The summed E-state index contributed by atoms with van der Waals surface area (Å²) in [6.07, 6.45) is 1.48. The minimum atomic E-state index is -0.497. The number of carbonyl (C=O) groups excluding carboxylic acids is 1. The molecule has 0 radical (unpaired) electrons. The monoisotopic (exact) mass is 328 g/mol. The molecule has 6 heteroatoms. The predicted molar refractivity (Wildman–Crippen MR) is 91.9 cm³/mol. The molecule has 126 valence electrons. The van der Waals surface area contributed by atoms with E-state index in [0.29, 0.717) is 30.3 Å². The predicted octanol–water partition coefficient (Wildman–Crippen LogP) is 2.95. The van der Waals surface area contributed by atoms with E-state index >= 15 is 0 Å². The van der Waals surface area contributed by atoms with E-state index < -0.39 is 5.91 Å². The van der Waals surface area contributed by atoms with Crippen molar-refractivity contribution in [3.05, 3.63) is 53.6 Å². The SMILES string of the molecule is CCOc1cccc(/C=N/NC(=O)c2ccccc2O)c1OCC. The maximum atomic E-state index is 12.0. The molecule has 0 aromatic heterocycles. The zero-order valence-electron chi connectivity index (χ0n) is 13.7. The zero-order chi connectivity index (χ0) is 17.4. The molecule has 0 bridgehead atoms. The minimum Gasteiger partial charge on any atom is -0.507 e. The van der Waals surface area contributed by atoms with Gasteiger partial charge in [0.25, 0.3) is 5.91 Å². The van der Waals surface area contributed by atoms with Crippen molar-refractivity contribution >= 4 is 12.1 Å². The van der Waals surface area contributed by atoms with Gasteiger partial charge in [-0.3, -0.25) is 4.79 Å². The van der Waals surface area contributed by atoms with Crippen molar-refractivity contribution in [1.82, 2.24) is 5.43 Å². The Morgan fingerprint density at radius 1 is 1.12 bits per heavy atom. The van der Waals surface area contributed by atoms with Crippen LogP contribution >= 0.6 is 0 Å². The first kappa shape index (κ1) is 17.3. The summed E-state index contributed by atoms with van der Waals surface area (Å²) in [5, 5.41) is 13.6. The fourth-order valence-corrected chi connectivity index (χ4v) is 2.09. The first-order chi connectivity index (χ1) is 11.7. The molecule has 0 atom stereocenters. The summed E-state index contributed by atoms with van der Waals surface area (Å²) in [6.45, 7) is 4.77. The lowest BCUT2D eigenvalue weighted by Gasteiger charge is -2.12. The summed E-state index contributed by atoms with van der Waals surface area (Å²) >= 11 is 0. The van der Waals surface area contributed by atoms with Crippen LogP contribution in [0.25, 0.3) is 0 Å². The molecule has 0 fully saturated rings. The van der Waals surface area contributed by atoms with Crippen LogP contribution in [0.15, 0.2) is 47.6 Å². The maximum absolute atomic E-state index is 12.0. The van der Waals surface area contributed by atoms with Gasteiger partial charge >= 0.3 is 0 Å². The second-order valence-corrected chi connectivity index (χ2v) is 4.76. The molecule has 0 aliphatic rings. The number of amides is 1. The number of para-hydroxylation sites is 2. The van der Waals surface area contributed by atoms with Crippen LogP contribution in [0.4, 0.5) is 0 Å². The maximum Gasteiger partial charge on any atom is 0.275 e. The second kappa shape index (κ2) is 8.57. The number of hydrogen-bond acceptors (Lipinski definition) is 5. The Labute approximate surface area is 140 Å². The number of carbonyl (C=O) groups is 1. The molecule has 0 spiro atoms. The van der Waals surface area contributed by atoms with Gasteiger partial charge in [-0.05, 0) is 38.1 Å². The van der Waals surface area contributed by atoms with Crippen LogP contribution in [0.5, 0.6) is 17.2 Å². The third-order valence-electron chi connectivity index (χ3n) is 3.12. The first-order valence-electron chi connectivity index (χ1n) is 7.67. The molecule has 0 unspecified atom stereocenters. The van der Waals surface area contributed by atoms with E-state index in [1.165, 1.54) is 18.3 Å². The number of phenolic OH excluding ortho intramolecular Hbond substituents is 1. The summed E-state index contributed by atoms with van der Waals surface area (Å²) in [5.41, 5.74) is 3.22. The number of hydrazone groups is 1. The molecule has 0 saturated carbocycles. The number of nitrogens with zero attached hydrogens (tertiary/aromatic N) is 1. The summed E-state index contributed by atoms with van der Waals surface area (Å²) in [5.74, 6) is 0.597. The molecule has 0 heterocycles. The van der Waals surface area contributed by atoms with Crippen LogP contribution in [0.1, 0.15) is 29.8 Å². The number of hydrogen-bond donors (Lipinski definition) is 2. The highest BCUT2D eigenvalue weighted by atomic mass is 16.5. The van der Waals surface area contributed by atoms with Crippen molar-refractivity contribution in [3.63, 3.8) is 0 Å². The van der Waals surface area contributed by atoms with Gasteiger partial charge in [-0.1, -0.05) is 18.2 Å². The molecule has 2 rings (SSSR count). The van der Waals surface area contributed by atoms with Crippen LogP contribution in [0, 0.1) is 0 Å². The van der Waals surface area contributed by atoms with Gasteiger partial charge in [0.2, 0.25) is 0 Å². The molecule has 0 saturated heterocycles. The normalized spacial score (nSPS) is 10.6. The molecule has 0 aliphatic heterocycles. The minimum absolute atomic E-state index is 0.0986. The highest BCUT2D eigenvalue weighted by Gasteiger charge is 2.11. The Kier molecular flexibility index (Phi) is 6.19. The van der Waals surface area contributed by atoms with E-state index in [1.54, 1.807) is 12.1 Å². The Morgan fingerprint density at radius 2 is 1.88 bits per heavy atom. The van der Waals surface area contributed by atoms with Crippen molar-refractivity contribution in [2.45, 2.75) is 13.8 Å². The molecule has 2 aromatic rings. The lowest BCUT2D eigenvalue weighted by molar-refractivity contribution is 0.0952. The number of ether oxygens (including phenoxy) is 2. The third kappa shape index (κ3) is 4.25. The Hall–Kier alpha value is -3.02. The topological polar surface area (TPSA) is 80.2 Å². The summed E-state index contributed by atoms with van der Waals surface area (Å²) in [6, 6.07) is 11.7. The van der Waals surface area contributed by atoms with Crippen LogP contribution in [0.3, 0.4) is 0 Å². The van der Waals surface area contributed by atoms with Crippen LogP contribution in [-0.2, 0) is 0 Å². The highest BCUT2D eigenvalue weighted by molar-refractivity contribution is 5.97. The van der Waals surface area contributed by atoms with Gasteiger partial charge in [0.1, 0.15) is 5.75 Å². The van der Waals surface area contributed by atoms with Gasteiger partial charge in [0.15, 0.2) is 11.5 Å². The second-order valence-electron chi connectivity index (χ2n) is 4.76. The van der Waals surface area contributed by atoms with Gasteiger partial charge in [-0.2, -0.15) is 5.10 Å². The first-order valence-corrected chi connectivity index (χ1v) is 7.67. The van der Waals surface area contributed by atoms with Crippen LogP contribution in [-0.4, -0.2) is 30.4 Å². The van der Waals surface area contributed by atoms with Crippen molar-refractivity contribution in [2.75, 3.05) is 13.2 Å². The van der Waals surface area contributed by atoms with Crippen molar-refractivity contribution < 1.29 is 19.4 Å². The van der Waals surface area contributed by atoms with Crippen LogP contribution < -0.4 is 14.9 Å². The van der Waals surface area contributed by atoms with Crippen LogP contribution in [0.2, 0.25) is 0 Å². The average molecular weight is 328 g/mol. The standard InChI is InChI=1S/C18H20N2O4/c1-3-23-16-11-7-8-13(17(16)24-4-2)12-19-20-18(22)14-9-5-6-10-15(14)21/h5-12,21H,3-4H2,1-2H3,(H,20,22)/b19-12+. The van der Waals surface area contributed by atoms with Gasteiger partial charge in [-0.25, -0.2) is 5.43 Å². The fourth-order valence-electron chi connectivity index (χ4n) is 2.09. The quantitative estimate of drug-likeness (QED) is 0.605. The molecule has 2 N–H and O–H groups in total. The smallest absolute Gasteiger partial charge is 0.275 e. The van der Waals surface area contributed by atoms with Gasteiger partial charge < -0.3 is 14.6 Å². The Morgan fingerprint density at radius 3 is 2.58 bits per heavy atom.